The van der Waals surface area contributed by atoms with Crippen LogP contribution in [0.1, 0.15) is 18.5 Å². The Labute approximate surface area is 70.7 Å². The average Bonchev–Trinajstić information content (AvgIpc) is 2.81. The van der Waals surface area contributed by atoms with Gasteiger partial charge in [0.1, 0.15) is 6.26 Å². The third kappa shape index (κ3) is 1.76. The minimum atomic E-state index is 0.349. The second-order valence-corrected chi connectivity index (χ2v) is 3.06. The van der Waals surface area contributed by atoms with E-state index in [1.54, 1.807) is 0 Å². The van der Waals surface area contributed by atoms with Gasteiger partial charge in [-0.2, -0.15) is 4.98 Å². The van der Waals surface area contributed by atoms with Crippen LogP contribution in [0, 0.1) is 5.92 Å². The maximum Gasteiger partial charge on any atom is 0.393 e. The lowest BCUT2D eigenvalue weighted by Crippen LogP contribution is -2.00. The zero-order chi connectivity index (χ0) is 8.39. The van der Waals surface area contributed by atoms with Crippen molar-refractivity contribution in [3.05, 3.63) is 12.0 Å². The minimum absolute atomic E-state index is 0.349. The molecule has 66 valence electrons. The fraction of sp³-hybridized carbons (Fsp3) is 0.625. The van der Waals surface area contributed by atoms with Gasteiger partial charge in [-0.25, -0.2) is 0 Å². The van der Waals surface area contributed by atoms with Crippen molar-refractivity contribution < 1.29 is 9.15 Å². The Morgan fingerprint density at radius 1 is 1.67 bits per heavy atom. The molecule has 2 N–H and O–H groups in total. The molecule has 0 saturated heterocycles. The van der Waals surface area contributed by atoms with E-state index in [4.69, 9.17) is 14.9 Å². The Kier molecular flexibility index (Phi) is 1.99. The van der Waals surface area contributed by atoms with Crippen molar-refractivity contribution in [2.45, 2.75) is 19.4 Å². The molecule has 2 rings (SSSR count). The molecule has 1 aliphatic rings. The molecule has 0 unspecified atom stereocenters. The average molecular weight is 168 g/mol. The van der Waals surface area contributed by atoms with Crippen LogP contribution in [0.4, 0.5) is 0 Å². The number of ether oxygens (including phenoxy) is 1. The molecule has 0 aliphatic heterocycles. The van der Waals surface area contributed by atoms with Gasteiger partial charge in [-0.3, -0.25) is 0 Å². The summed E-state index contributed by atoms with van der Waals surface area (Å²) in [5.74, 6) is 0.721. The van der Waals surface area contributed by atoms with E-state index in [2.05, 4.69) is 4.98 Å². The monoisotopic (exact) mass is 168 g/mol. The lowest BCUT2D eigenvalue weighted by Gasteiger charge is -1.96. The highest BCUT2D eigenvalue weighted by Gasteiger charge is 2.22. The van der Waals surface area contributed by atoms with Gasteiger partial charge in [0, 0.05) is 6.54 Å². The standard InChI is InChI=1S/C8H12N2O2/c9-3-7-5-12-8(10-7)11-4-6-1-2-6/h5-6H,1-4,9H2. The van der Waals surface area contributed by atoms with Crippen LogP contribution in [0.5, 0.6) is 6.08 Å². The first-order valence-corrected chi connectivity index (χ1v) is 4.16. The highest BCUT2D eigenvalue weighted by Crippen LogP contribution is 2.29. The van der Waals surface area contributed by atoms with Crippen LogP contribution in [0.25, 0.3) is 0 Å². The number of hydrogen-bond acceptors (Lipinski definition) is 4. The fourth-order valence-corrected chi connectivity index (χ4v) is 0.922. The van der Waals surface area contributed by atoms with Crippen LogP contribution in [0.2, 0.25) is 0 Å². The number of nitrogens with zero attached hydrogens (tertiary/aromatic N) is 1. The van der Waals surface area contributed by atoms with E-state index in [1.165, 1.54) is 19.1 Å². The molecule has 4 nitrogen and oxygen atoms in total. The molecule has 1 fully saturated rings. The zero-order valence-electron chi connectivity index (χ0n) is 6.82. The summed E-state index contributed by atoms with van der Waals surface area (Å²) in [4.78, 5) is 4.01. The zero-order valence-corrected chi connectivity index (χ0v) is 6.82. The first-order valence-electron chi connectivity index (χ1n) is 4.16. The van der Waals surface area contributed by atoms with Gasteiger partial charge in [0.2, 0.25) is 0 Å². The summed E-state index contributed by atoms with van der Waals surface area (Å²) in [5.41, 5.74) is 6.09. The first-order chi connectivity index (χ1) is 5.88. The number of hydrogen-bond donors (Lipinski definition) is 1. The van der Waals surface area contributed by atoms with Crippen molar-refractivity contribution in [3.8, 4) is 6.08 Å². The Morgan fingerprint density at radius 2 is 2.50 bits per heavy atom. The van der Waals surface area contributed by atoms with Crippen LogP contribution in [-0.2, 0) is 6.54 Å². The van der Waals surface area contributed by atoms with Gasteiger partial charge >= 0.3 is 6.08 Å². The predicted molar refractivity (Wildman–Crippen MR) is 42.6 cm³/mol. The molecule has 1 aromatic heterocycles. The molecule has 1 aliphatic carbocycles. The molecular formula is C8H12N2O2. The lowest BCUT2D eigenvalue weighted by molar-refractivity contribution is 0.219. The number of oxazole rings is 1. The maximum absolute atomic E-state index is 5.35. The summed E-state index contributed by atoms with van der Waals surface area (Å²) in [6.07, 6.45) is 4.42. The van der Waals surface area contributed by atoms with E-state index < -0.39 is 0 Å². The summed E-state index contributed by atoms with van der Waals surface area (Å²) in [7, 11) is 0. The Morgan fingerprint density at radius 3 is 3.08 bits per heavy atom. The molecule has 1 saturated carbocycles. The van der Waals surface area contributed by atoms with E-state index in [1.807, 2.05) is 0 Å². The third-order valence-corrected chi connectivity index (χ3v) is 1.88. The van der Waals surface area contributed by atoms with Crippen molar-refractivity contribution in [2.75, 3.05) is 6.61 Å². The van der Waals surface area contributed by atoms with Gasteiger partial charge in [-0.05, 0) is 18.8 Å². The lowest BCUT2D eigenvalue weighted by atomic mass is 10.5. The number of aromatic nitrogens is 1. The van der Waals surface area contributed by atoms with Crippen LogP contribution >= 0.6 is 0 Å². The van der Waals surface area contributed by atoms with E-state index in [0.29, 0.717) is 12.6 Å². The molecule has 1 aromatic rings. The van der Waals surface area contributed by atoms with Gasteiger partial charge in [-0.15, -0.1) is 0 Å². The number of nitrogens with two attached hydrogens (primary N) is 1. The quantitative estimate of drug-likeness (QED) is 0.726. The molecule has 0 atom stereocenters. The van der Waals surface area contributed by atoms with Gasteiger partial charge in [-0.1, -0.05) is 0 Å². The van der Waals surface area contributed by atoms with Crippen LogP contribution in [0.3, 0.4) is 0 Å². The SMILES string of the molecule is NCc1coc(OCC2CC2)n1. The minimum Gasteiger partial charge on any atom is -0.450 e. The molecule has 1 heterocycles. The largest absolute Gasteiger partial charge is 0.450 e. The summed E-state index contributed by atoms with van der Waals surface area (Å²) < 4.78 is 10.3. The summed E-state index contributed by atoms with van der Waals surface area (Å²) in [5, 5.41) is 0. The van der Waals surface area contributed by atoms with Crippen molar-refractivity contribution in [1.29, 1.82) is 0 Å². The number of rotatable bonds is 4. The molecule has 0 bridgehead atoms. The predicted octanol–water partition coefficient (Wildman–Crippen LogP) is 0.922. The first kappa shape index (κ1) is 7.61. The van der Waals surface area contributed by atoms with Crippen LogP contribution < -0.4 is 10.5 Å². The fourth-order valence-electron chi connectivity index (χ4n) is 0.922. The summed E-state index contributed by atoms with van der Waals surface area (Å²) in [6.45, 7) is 1.13. The molecule has 0 aromatic carbocycles. The molecular weight excluding hydrogens is 156 g/mol. The normalized spacial score (nSPS) is 16.4. The van der Waals surface area contributed by atoms with Gasteiger partial charge in [0.25, 0.3) is 0 Å². The van der Waals surface area contributed by atoms with Crippen molar-refractivity contribution in [3.63, 3.8) is 0 Å². The highest BCUT2D eigenvalue weighted by atomic mass is 16.6. The molecule has 0 radical (unpaired) electrons. The van der Waals surface area contributed by atoms with E-state index in [9.17, 15) is 0 Å². The van der Waals surface area contributed by atoms with Crippen LogP contribution in [-0.4, -0.2) is 11.6 Å². The van der Waals surface area contributed by atoms with Gasteiger partial charge in [0.05, 0.1) is 12.3 Å². The highest BCUT2D eigenvalue weighted by molar-refractivity contribution is 4.99. The molecule has 0 spiro atoms. The Bertz CT molecular complexity index is 255. The smallest absolute Gasteiger partial charge is 0.393 e. The summed E-state index contributed by atoms with van der Waals surface area (Å²) in [6, 6.07) is 0. The summed E-state index contributed by atoms with van der Waals surface area (Å²) >= 11 is 0. The Hall–Kier alpha value is -1.03. The van der Waals surface area contributed by atoms with E-state index >= 15 is 0 Å². The maximum atomic E-state index is 5.35. The molecule has 12 heavy (non-hydrogen) atoms. The van der Waals surface area contributed by atoms with E-state index in [-0.39, 0.29) is 0 Å². The topological polar surface area (TPSA) is 61.3 Å². The van der Waals surface area contributed by atoms with Gasteiger partial charge < -0.3 is 14.9 Å². The second-order valence-electron chi connectivity index (χ2n) is 3.06. The van der Waals surface area contributed by atoms with Gasteiger partial charge in [0.15, 0.2) is 0 Å². The molecule has 0 amide bonds. The van der Waals surface area contributed by atoms with Crippen molar-refractivity contribution >= 4 is 0 Å². The van der Waals surface area contributed by atoms with E-state index in [0.717, 1.165) is 18.2 Å². The Balaban J connectivity index is 1.84. The van der Waals surface area contributed by atoms with Crippen molar-refractivity contribution in [2.24, 2.45) is 11.7 Å². The van der Waals surface area contributed by atoms with Crippen LogP contribution in [0.15, 0.2) is 10.7 Å². The third-order valence-electron chi connectivity index (χ3n) is 1.88. The molecule has 4 heteroatoms. The van der Waals surface area contributed by atoms with Crippen molar-refractivity contribution in [1.82, 2.24) is 4.98 Å². The second kappa shape index (κ2) is 3.15.